The Hall–Kier alpha value is -2.37. The summed E-state index contributed by atoms with van der Waals surface area (Å²) in [5.74, 6) is -0.339. The molecule has 0 spiro atoms. The average Bonchev–Trinajstić information content (AvgIpc) is 2.61. The van der Waals surface area contributed by atoms with Crippen LogP contribution in [0.25, 0.3) is 0 Å². The van der Waals surface area contributed by atoms with Gasteiger partial charge in [0.15, 0.2) is 5.69 Å². The van der Waals surface area contributed by atoms with E-state index in [1.807, 2.05) is 13.0 Å². The van der Waals surface area contributed by atoms with Gasteiger partial charge in [0.05, 0.1) is 17.6 Å². The second-order valence-corrected chi connectivity index (χ2v) is 3.75. The van der Waals surface area contributed by atoms with Gasteiger partial charge in [0.1, 0.15) is 0 Å². The van der Waals surface area contributed by atoms with E-state index < -0.39 is 0 Å². The topological polar surface area (TPSA) is 85.8 Å². The van der Waals surface area contributed by atoms with Gasteiger partial charge in [-0.3, -0.25) is 14.5 Å². The Bertz CT molecular complexity index is 543. The quantitative estimate of drug-likeness (QED) is 0.806. The lowest BCUT2D eigenvalue weighted by Gasteiger charge is -2.03. The normalized spacial score (nSPS) is 10.2. The highest BCUT2D eigenvalue weighted by Crippen LogP contribution is 2.12. The van der Waals surface area contributed by atoms with Crippen molar-refractivity contribution in [1.82, 2.24) is 14.8 Å². The van der Waals surface area contributed by atoms with Gasteiger partial charge >= 0.3 is 0 Å². The Morgan fingerprint density at radius 2 is 2.24 bits per heavy atom. The maximum Gasteiger partial charge on any atom is 0.278 e. The third kappa shape index (κ3) is 2.41. The molecule has 0 fully saturated rings. The molecule has 2 aromatic rings. The van der Waals surface area contributed by atoms with Crippen LogP contribution in [-0.4, -0.2) is 20.7 Å². The number of aromatic nitrogens is 3. The van der Waals surface area contributed by atoms with E-state index in [0.717, 1.165) is 5.69 Å². The number of hydrogen-bond acceptors (Lipinski definition) is 4. The minimum absolute atomic E-state index is 0.216. The molecule has 6 nitrogen and oxygen atoms in total. The van der Waals surface area contributed by atoms with Gasteiger partial charge in [-0.15, -0.1) is 0 Å². The van der Waals surface area contributed by atoms with Crippen LogP contribution in [0.4, 0.5) is 11.4 Å². The molecular weight excluding hydrogens is 218 g/mol. The molecule has 0 aliphatic carbocycles. The smallest absolute Gasteiger partial charge is 0.278 e. The Morgan fingerprint density at radius 1 is 1.47 bits per heavy atom. The Labute approximate surface area is 98.5 Å². The minimum Gasteiger partial charge on any atom is -0.396 e. The van der Waals surface area contributed by atoms with Crippen molar-refractivity contribution in [3.8, 4) is 0 Å². The van der Waals surface area contributed by atoms with Crippen LogP contribution >= 0.6 is 0 Å². The number of nitrogen functional groups attached to an aromatic ring is 1. The maximum atomic E-state index is 11.8. The number of carbonyl (C=O) groups is 1. The van der Waals surface area contributed by atoms with Crippen molar-refractivity contribution < 1.29 is 4.79 Å². The fourth-order valence-electron chi connectivity index (χ4n) is 1.42. The zero-order chi connectivity index (χ0) is 12.4. The van der Waals surface area contributed by atoms with Gasteiger partial charge in [-0.2, -0.15) is 5.10 Å². The molecule has 0 radical (unpaired) electrons. The zero-order valence-corrected chi connectivity index (χ0v) is 9.64. The van der Waals surface area contributed by atoms with E-state index in [2.05, 4.69) is 15.4 Å². The summed E-state index contributed by atoms with van der Waals surface area (Å²) in [6.45, 7) is 1.88. The van der Waals surface area contributed by atoms with Crippen LogP contribution in [0, 0.1) is 6.92 Å². The minimum atomic E-state index is -0.339. The summed E-state index contributed by atoms with van der Waals surface area (Å²) in [6.07, 6.45) is 3.18. The van der Waals surface area contributed by atoms with Crippen molar-refractivity contribution in [2.75, 3.05) is 11.1 Å². The molecule has 0 saturated carbocycles. The number of hydrogen-bond donors (Lipinski definition) is 2. The number of amides is 1. The lowest BCUT2D eigenvalue weighted by atomic mass is 10.3. The summed E-state index contributed by atoms with van der Waals surface area (Å²) in [5.41, 5.74) is 7.73. The van der Waals surface area contributed by atoms with E-state index >= 15 is 0 Å². The first kappa shape index (κ1) is 11.1. The summed E-state index contributed by atoms with van der Waals surface area (Å²) in [6, 6.07) is 3.59. The first-order valence-corrected chi connectivity index (χ1v) is 5.09. The molecule has 0 aromatic carbocycles. The highest BCUT2D eigenvalue weighted by atomic mass is 16.2. The number of carbonyl (C=O) groups excluding carboxylic acids is 1. The van der Waals surface area contributed by atoms with E-state index in [1.165, 1.54) is 4.68 Å². The highest BCUT2D eigenvalue weighted by Gasteiger charge is 2.13. The van der Waals surface area contributed by atoms with Crippen LogP contribution in [0.3, 0.4) is 0 Å². The zero-order valence-electron chi connectivity index (χ0n) is 9.64. The Kier molecular flexibility index (Phi) is 2.78. The molecule has 1 amide bonds. The van der Waals surface area contributed by atoms with Crippen LogP contribution < -0.4 is 11.1 Å². The van der Waals surface area contributed by atoms with Crippen molar-refractivity contribution in [3.05, 3.63) is 35.9 Å². The van der Waals surface area contributed by atoms with Crippen LogP contribution in [-0.2, 0) is 7.05 Å². The van der Waals surface area contributed by atoms with E-state index in [4.69, 9.17) is 5.73 Å². The summed E-state index contributed by atoms with van der Waals surface area (Å²) in [7, 11) is 1.71. The molecule has 0 aliphatic heterocycles. The van der Waals surface area contributed by atoms with E-state index in [-0.39, 0.29) is 11.6 Å². The number of aryl methyl sites for hydroxylation is 2. The van der Waals surface area contributed by atoms with Crippen LogP contribution in [0.5, 0.6) is 0 Å². The summed E-state index contributed by atoms with van der Waals surface area (Å²) in [5, 5.41) is 6.67. The molecule has 0 aliphatic rings. The number of rotatable bonds is 2. The van der Waals surface area contributed by atoms with Crippen molar-refractivity contribution in [2.45, 2.75) is 6.92 Å². The van der Waals surface area contributed by atoms with Gasteiger partial charge < -0.3 is 11.1 Å². The van der Waals surface area contributed by atoms with Crippen molar-refractivity contribution in [2.24, 2.45) is 7.05 Å². The van der Waals surface area contributed by atoms with E-state index in [0.29, 0.717) is 11.4 Å². The van der Waals surface area contributed by atoms with Crippen LogP contribution in [0.1, 0.15) is 16.2 Å². The number of nitrogens with one attached hydrogen (secondary N) is 1. The Morgan fingerprint density at radius 3 is 2.76 bits per heavy atom. The third-order valence-electron chi connectivity index (χ3n) is 2.24. The summed E-state index contributed by atoms with van der Waals surface area (Å²) >= 11 is 0. The summed E-state index contributed by atoms with van der Waals surface area (Å²) in [4.78, 5) is 15.9. The second-order valence-electron chi connectivity index (χ2n) is 3.75. The maximum absolute atomic E-state index is 11.8. The van der Waals surface area contributed by atoms with Gasteiger partial charge in [-0.05, 0) is 19.1 Å². The molecule has 2 heterocycles. The molecule has 3 N–H and O–H groups in total. The third-order valence-corrected chi connectivity index (χ3v) is 2.24. The molecule has 88 valence electrons. The van der Waals surface area contributed by atoms with Gasteiger partial charge in [0.25, 0.3) is 5.91 Å². The lowest BCUT2D eigenvalue weighted by molar-refractivity contribution is 0.102. The molecule has 0 bridgehead atoms. The van der Waals surface area contributed by atoms with Gasteiger partial charge in [-0.1, -0.05) is 0 Å². The lowest BCUT2D eigenvalue weighted by Crippen LogP contribution is -2.14. The fourth-order valence-corrected chi connectivity index (χ4v) is 1.42. The molecule has 6 heteroatoms. The van der Waals surface area contributed by atoms with Gasteiger partial charge in [0.2, 0.25) is 0 Å². The molecule has 0 unspecified atom stereocenters. The molecule has 17 heavy (non-hydrogen) atoms. The fraction of sp³-hybridized carbons (Fsp3) is 0.182. The first-order chi connectivity index (χ1) is 8.06. The predicted molar refractivity (Wildman–Crippen MR) is 64.5 cm³/mol. The molecule has 2 aromatic heterocycles. The number of nitrogens with zero attached hydrogens (tertiary/aromatic N) is 3. The number of anilines is 2. The monoisotopic (exact) mass is 231 g/mol. The SMILES string of the molecule is Cc1ccc(NC(=O)c2nn(C)cc2N)cn1. The molecule has 0 atom stereocenters. The Balaban J connectivity index is 2.17. The molecule has 2 rings (SSSR count). The second kappa shape index (κ2) is 4.25. The van der Waals surface area contributed by atoms with Crippen molar-refractivity contribution in [1.29, 1.82) is 0 Å². The van der Waals surface area contributed by atoms with E-state index in [9.17, 15) is 4.79 Å². The predicted octanol–water partition coefficient (Wildman–Crippen LogP) is 0.958. The largest absolute Gasteiger partial charge is 0.396 e. The summed E-state index contributed by atoms with van der Waals surface area (Å²) < 4.78 is 1.50. The number of pyridine rings is 1. The van der Waals surface area contributed by atoms with Crippen molar-refractivity contribution in [3.63, 3.8) is 0 Å². The first-order valence-electron chi connectivity index (χ1n) is 5.09. The molecular formula is C11H13N5O. The van der Waals surface area contributed by atoms with Gasteiger partial charge in [0, 0.05) is 18.9 Å². The molecule has 0 saturated heterocycles. The van der Waals surface area contributed by atoms with Crippen LogP contribution in [0.2, 0.25) is 0 Å². The average molecular weight is 231 g/mol. The standard InChI is InChI=1S/C11H13N5O/c1-7-3-4-8(5-13-7)14-11(17)10-9(12)6-16(2)15-10/h3-6H,12H2,1-2H3,(H,14,17). The van der Waals surface area contributed by atoms with Crippen LogP contribution in [0.15, 0.2) is 24.5 Å². The van der Waals surface area contributed by atoms with Gasteiger partial charge in [-0.25, -0.2) is 0 Å². The highest BCUT2D eigenvalue weighted by molar-refractivity contribution is 6.06. The number of nitrogens with two attached hydrogens (primary N) is 1. The van der Waals surface area contributed by atoms with Crippen molar-refractivity contribution >= 4 is 17.3 Å². The van der Waals surface area contributed by atoms with E-state index in [1.54, 1.807) is 25.5 Å².